The number of aromatic nitrogens is 3. The first kappa shape index (κ1) is 7.03. The van der Waals surface area contributed by atoms with Gasteiger partial charge >= 0.3 is 0 Å². The van der Waals surface area contributed by atoms with Gasteiger partial charge in [0.2, 0.25) is 0 Å². The summed E-state index contributed by atoms with van der Waals surface area (Å²) in [5.41, 5.74) is 1.13. The third-order valence-corrected chi connectivity index (χ3v) is 1.70. The van der Waals surface area contributed by atoms with Gasteiger partial charge in [-0.1, -0.05) is 6.07 Å². The molecule has 0 fully saturated rings. The minimum atomic E-state index is 0.891. The topological polar surface area (TPSA) is 30.7 Å². The van der Waals surface area contributed by atoms with E-state index in [1.165, 1.54) is 0 Å². The first-order valence-electron chi connectivity index (χ1n) is 3.79. The summed E-state index contributed by atoms with van der Waals surface area (Å²) in [6.45, 7) is 2.02. The summed E-state index contributed by atoms with van der Waals surface area (Å²) in [4.78, 5) is 4.22. The maximum Gasteiger partial charge on any atom is 0.156 e. The van der Waals surface area contributed by atoms with E-state index in [9.17, 15) is 0 Å². The Labute approximate surface area is 70.7 Å². The zero-order valence-electron chi connectivity index (χ0n) is 6.81. The molecule has 0 aliphatic heterocycles. The van der Waals surface area contributed by atoms with E-state index in [4.69, 9.17) is 0 Å². The molecule has 0 unspecified atom stereocenters. The molecule has 3 nitrogen and oxygen atoms in total. The van der Waals surface area contributed by atoms with Crippen molar-refractivity contribution in [3.8, 4) is 5.82 Å². The molecule has 0 aliphatic carbocycles. The molecule has 0 bridgehead atoms. The Morgan fingerprint density at radius 3 is 2.83 bits per heavy atom. The van der Waals surface area contributed by atoms with Crippen LogP contribution in [0.4, 0.5) is 0 Å². The lowest BCUT2D eigenvalue weighted by molar-refractivity contribution is 0.838. The summed E-state index contributed by atoms with van der Waals surface area (Å²) < 4.78 is 1.76. The van der Waals surface area contributed by atoms with Gasteiger partial charge in [0.1, 0.15) is 0 Å². The molecule has 2 aromatic heterocycles. The Balaban J connectivity index is 2.55. The van der Waals surface area contributed by atoms with Crippen LogP contribution in [-0.2, 0) is 0 Å². The number of aryl methyl sites for hydroxylation is 1. The highest BCUT2D eigenvalue weighted by atomic mass is 15.3. The summed E-state index contributed by atoms with van der Waals surface area (Å²) >= 11 is 0. The van der Waals surface area contributed by atoms with Gasteiger partial charge in [-0.05, 0) is 24.6 Å². The van der Waals surface area contributed by atoms with E-state index >= 15 is 0 Å². The van der Waals surface area contributed by atoms with Gasteiger partial charge in [-0.3, -0.25) is 0 Å². The minimum Gasteiger partial charge on any atom is -0.237 e. The first-order chi connectivity index (χ1) is 5.88. The van der Waals surface area contributed by atoms with Crippen LogP contribution in [0.1, 0.15) is 5.56 Å². The van der Waals surface area contributed by atoms with Crippen LogP contribution in [0.3, 0.4) is 0 Å². The van der Waals surface area contributed by atoms with Crippen molar-refractivity contribution in [3.05, 3.63) is 42.4 Å². The molecule has 0 radical (unpaired) electrons. The largest absolute Gasteiger partial charge is 0.237 e. The Kier molecular flexibility index (Phi) is 1.63. The van der Waals surface area contributed by atoms with E-state index in [0.29, 0.717) is 0 Å². The lowest BCUT2D eigenvalue weighted by Crippen LogP contribution is -1.99. The molecule has 0 amide bonds. The summed E-state index contributed by atoms with van der Waals surface area (Å²) in [6.07, 6.45) is 5.40. The van der Waals surface area contributed by atoms with Crippen molar-refractivity contribution in [1.29, 1.82) is 0 Å². The zero-order valence-corrected chi connectivity index (χ0v) is 6.81. The highest BCUT2D eigenvalue weighted by Gasteiger charge is 1.99. The molecule has 60 valence electrons. The summed E-state index contributed by atoms with van der Waals surface area (Å²) in [5, 5.41) is 4.10. The molecule has 0 atom stereocenters. The lowest BCUT2D eigenvalue weighted by Gasteiger charge is -2.02. The molecule has 0 saturated heterocycles. The van der Waals surface area contributed by atoms with Gasteiger partial charge in [0.15, 0.2) is 5.82 Å². The van der Waals surface area contributed by atoms with E-state index in [-0.39, 0.29) is 0 Å². The second-order valence-electron chi connectivity index (χ2n) is 2.59. The highest BCUT2D eigenvalue weighted by Crippen LogP contribution is 2.07. The Morgan fingerprint density at radius 1 is 1.25 bits per heavy atom. The lowest BCUT2D eigenvalue weighted by atomic mass is 10.3. The van der Waals surface area contributed by atoms with E-state index in [0.717, 1.165) is 11.4 Å². The Morgan fingerprint density at radius 2 is 2.17 bits per heavy atom. The van der Waals surface area contributed by atoms with Crippen molar-refractivity contribution in [1.82, 2.24) is 14.8 Å². The predicted molar refractivity (Wildman–Crippen MR) is 46.1 cm³/mol. The van der Waals surface area contributed by atoms with Crippen molar-refractivity contribution in [2.75, 3.05) is 0 Å². The third-order valence-electron chi connectivity index (χ3n) is 1.70. The number of pyridine rings is 1. The SMILES string of the molecule is Cc1cccnc1-n1cccn1. The van der Waals surface area contributed by atoms with Gasteiger partial charge < -0.3 is 0 Å². The molecular weight excluding hydrogens is 150 g/mol. The van der Waals surface area contributed by atoms with Crippen LogP contribution >= 0.6 is 0 Å². The van der Waals surface area contributed by atoms with Crippen molar-refractivity contribution in [2.45, 2.75) is 6.92 Å². The third kappa shape index (κ3) is 1.09. The van der Waals surface area contributed by atoms with Crippen LogP contribution < -0.4 is 0 Å². The number of hydrogen-bond donors (Lipinski definition) is 0. The average Bonchev–Trinajstić information content (AvgIpc) is 2.57. The van der Waals surface area contributed by atoms with Crippen molar-refractivity contribution >= 4 is 0 Å². The van der Waals surface area contributed by atoms with Gasteiger partial charge in [-0.25, -0.2) is 9.67 Å². The summed E-state index contributed by atoms with van der Waals surface area (Å²) in [5.74, 6) is 0.891. The van der Waals surface area contributed by atoms with E-state index < -0.39 is 0 Å². The zero-order chi connectivity index (χ0) is 8.39. The molecule has 2 aromatic rings. The number of nitrogens with zero attached hydrogens (tertiary/aromatic N) is 3. The highest BCUT2D eigenvalue weighted by molar-refractivity contribution is 5.30. The van der Waals surface area contributed by atoms with Crippen LogP contribution in [0.5, 0.6) is 0 Å². The fourth-order valence-electron chi connectivity index (χ4n) is 1.11. The normalized spacial score (nSPS) is 10.1. The smallest absolute Gasteiger partial charge is 0.156 e. The molecule has 2 heterocycles. The summed E-state index contributed by atoms with van der Waals surface area (Å²) in [7, 11) is 0. The Hall–Kier alpha value is -1.64. The van der Waals surface area contributed by atoms with Gasteiger partial charge in [-0.15, -0.1) is 0 Å². The van der Waals surface area contributed by atoms with E-state index in [1.807, 2.05) is 31.3 Å². The molecule has 0 aromatic carbocycles. The molecule has 0 aliphatic rings. The van der Waals surface area contributed by atoms with Gasteiger partial charge in [-0.2, -0.15) is 5.10 Å². The standard InChI is InChI=1S/C9H9N3/c1-8-4-2-5-10-9(8)12-7-3-6-11-12/h2-7H,1H3. The van der Waals surface area contributed by atoms with Crippen LogP contribution in [0.2, 0.25) is 0 Å². The van der Waals surface area contributed by atoms with Gasteiger partial charge in [0.25, 0.3) is 0 Å². The van der Waals surface area contributed by atoms with Crippen LogP contribution in [0.15, 0.2) is 36.8 Å². The van der Waals surface area contributed by atoms with E-state index in [1.54, 1.807) is 17.1 Å². The van der Waals surface area contributed by atoms with Crippen molar-refractivity contribution in [3.63, 3.8) is 0 Å². The number of hydrogen-bond acceptors (Lipinski definition) is 2. The molecule has 0 N–H and O–H groups in total. The molecular formula is C9H9N3. The van der Waals surface area contributed by atoms with Crippen molar-refractivity contribution < 1.29 is 0 Å². The fourth-order valence-corrected chi connectivity index (χ4v) is 1.11. The molecule has 0 spiro atoms. The molecule has 0 saturated carbocycles. The van der Waals surface area contributed by atoms with Crippen LogP contribution in [0.25, 0.3) is 5.82 Å². The fraction of sp³-hybridized carbons (Fsp3) is 0.111. The van der Waals surface area contributed by atoms with Crippen molar-refractivity contribution in [2.24, 2.45) is 0 Å². The second-order valence-corrected chi connectivity index (χ2v) is 2.59. The van der Waals surface area contributed by atoms with Crippen LogP contribution in [0, 0.1) is 6.92 Å². The van der Waals surface area contributed by atoms with Crippen LogP contribution in [-0.4, -0.2) is 14.8 Å². The molecule has 12 heavy (non-hydrogen) atoms. The summed E-state index contributed by atoms with van der Waals surface area (Å²) in [6, 6.07) is 5.82. The average molecular weight is 159 g/mol. The van der Waals surface area contributed by atoms with E-state index in [2.05, 4.69) is 10.1 Å². The maximum atomic E-state index is 4.22. The first-order valence-corrected chi connectivity index (χ1v) is 3.79. The van der Waals surface area contributed by atoms with Gasteiger partial charge in [0, 0.05) is 18.6 Å². The minimum absolute atomic E-state index is 0.891. The second kappa shape index (κ2) is 2.77. The quantitative estimate of drug-likeness (QED) is 0.632. The molecule has 3 heteroatoms. The number of rotatable bonds is 1. The molecule has 2 rings (SSSR count). The predicted octanol–water partition coefficient (Wildman–Crippen LogP) is 1.58. The van der Waals surface area contributed by atoms with Gasteiger partial charge in [0.05, 0.1) is 0 Å². The Bertz CT molecular complexity index is 365. The maximum absolute atomic E-state index is 4.22. The monoisotopic (exact) mass is 159 g/mol.